The molecule has 16 heavy (non-hydrogen) atoms. The molecular weight excluding hydrogens is 204 g/mol. The molecule has 0 aromatic carbocycles. The summed E-state index contributed by atoms with van der Waals surface area (Å²) < 4.78 is 5.56. The van der Waals surface area contributed by atoms with Crippen molar-refractivity contribution in [2.45, 2.75) is 25.4 Å². The van der Waals surface area contributed by atoms with E-state index in [0.29, 0.717) is 6.61 Å². The van der Waals surface area contributed by atoms with Gasteiger partial charge in [-0.15, -0.1) is 0 Å². The molecule has 1 saturated heterocycles. The average Bonchev–Trinajstić information content (AvgIpc) is 2.29. The molecule has 1 aromatic heterocycles. The van der Waals surface area contributed by atoms with E-state index in [1.54, 1.807) is 6.20 Å². The number of nitrogens with one attached hydrogen (secondary N) is 1. The molecule has 1 aliphatic rings. The van der Waals surface area contributed by atoms with Gasteiger partial charge in [-0.25, -0.2) is 0 Å². The molecule has 0 saturated carbocycles. The van der Waals surface area contributed by atoms with Crippen LogP contribution in [0.15, 0.2) is 18.3 Å². The summed E-state index contributed by atoms with van der Waals surface area (Å²) in [4.78, 5) is 4.15. The molecule has 4 nitrogen and oxygen atoms in total. The Labute approximate surface area is 95.7 Å². The van der Waals surface area contributed by atoms with Crippen molar-refractivity contribution in [3.8, 4) is 5.75 Å². The van der Waals surface area contributed by atoms with E-state index in [0.717, 1.165) is 37.4 Å². The zero-order valence-electron chi connectivity index (χ0n) is 9.57. The number of aliphatic hydroxyl groups is 1. The molecule has 2 N–H and O–H groups in total. The number of pyridine rings is 1. The number of nitrogens with zero attached hydrogens (tertiary/aromatic N) is 1. The monoisotopic (exact) mass is 222 g/mol. The van der Waals surface area contributed by atoms with Gasteiger partial charge in [0.15, 0.2) is 0 Å². The Bertz CT molecular complexity index is 331. The van der Waals surface area contributed by atoms with E-state index in [1.807, 2.05) is 19.1 Å². The lowest BCUT2D eigenvalue weighted by Gasteiger charge is -2.32. The van der Waals surface area contributed by atoms with Gasteiger partial charge < -0.3 is 15.2 Å². The third-order valence-corrected chi connectivity index (χ3v) is 2.93. The maximum atomic E-state index is 10.2. The lowest BCUT2D eigenvalue weighted by molar-refractivity contribution is -0.0286. The van der Waals surface area contributed by atoms with E-state index in [2.05, 4.69) is 10.3 Å². The minimum absolute atomic E-state index is 0.347. The van der Waals surface area contributed by atoms with E-state index in [4.69, 9.17) is 4.74 Å². The summed E-state index contributed by atoms with van der Waals surface area (Å²) in [5.41, 5.74) is 0.281. The first-order valence-electron chi connectivity index (χ1n) is 5.67. The highest BCUT2D eigenvalue weighted by Gasteiger charge is 2.29. The second-order valence-corrected chi connectivity index (χ2v) is 4.40. The Hall–Kier alpha value is -1.13. The third kappa shape index (κ3) is 2.93. The van der Waals surface area contributed by atoms with E-state index in [-0.39, 0.29) is 0 Å². The molecule has 0 radical (unpaired) electrons. The van der Waals surface area contributed by atoms with Crippen LogP contribution in [-0.2, 0) is 0 Å². The SMILES string of the molecule is Cc1ccc(OCC2(O)CCNCC2)cn1. The molecule has 0 amide bonds. The van der Waals surface area contributed by atoms with Gasteiger partial charge in [0.05, 0.1) is 6.20 Å². The Morgan fingerprint density at radius 1 is 1.44 bits per heavy atom. The lowest BCUT2D eigenvalue weighted by Crippen LogP contribution is -2.45. The molecule has 88 valence electrons. The Balaban J connectivity index is 1.88. The fraction of sp³-hybridized carbons (Fsp3) is 0.583. The maximum absolute atomic E-state index is 10.2. The smallest absolute Gasteiger partial charge is 0.137 e. The number of hydrogen-bond donors (Lipinski definition) is 2. The van der Waals surface area contributed by atoms with Crippen molar-refractivity contribution in [2.75, 3.05) is 19.7 Å². The van der Waals surface area contributed by atoms with Crippen LogP contribution < -0.4 is 10.1 Å². The average molecular weight is 222 g/mol. The zero-order chi connectivity index (χ0) is 11.4. The molecule has 0 unspecified atom stereocenters. The molecule has 0 aliphatic carbocycles. The highest BCUT2D eigenvalue weighted by atomic mass is 16.5. The Kier molecular flexibility index (Phi) is 3.41. The molecule has 0 spiro atoms. The number of piperidine rings is 1. The van der Waals surface area contributed by atoms with Gasteiger partial charge >= 0.3 is 0 Å². The topological polar surface area (TPSA) is 54.4 Å². The second-order valence-electron chi connectivity index (χ2n) is 4.40. The van der Waals surface area contributed by atoms with Crippen LogP contribution >= 0.6 is 0 Å². The number of aryl methyl sites for hydroxylation is 1. The van der Waals surface area contributed by atoms with Crippen molar-refractivity contribution >= 4 is 0 Å². The Morgan fingerprint density at radius 3 is 2.81 bits per heavy atom. The van der Waals surface area contributed by atoms with Gasteiger partial charge in [-0.1, -0.05) is 0 Å². The second kappa shape index (κ2) is 4.80. The number of aromatic nitrogens is 1. The van der Waals surface area contributed by atoms with Crippen LogP contribution in [0.3, 0.4) is 0 Å². The van der Waals surface area contributed by atoms with Gasteiger partial charge in [-0.2, -0.15) is 0 Å². The summed E-state index contributed by atoms with van der Waals surface area (Å²) in [5, 5.41) is 13.4. The van der Waals surface area contributed by atoms with Crippen LogP contribution in [-0.4, -0.2) is 35.4 Å². The number of rotatable bonds is 3. The van der Waals surface area contributed by atoms with E-state index in [9.17, 15) is 5.11 Å². The van der Waals surface area contributed by atoms with Crippen molar-refractivity contribution in [1.82, 2.24) is 10.3 Å². The van der Waals surface area contributed by atoms with Crippen LogP contribution in [0.4, 0.5) is 0 Å². The highest BCUT2D eigenvalue weighted by Crippen LogP contribution is 2.20. The summed E-state index contributed by atoms with van der Waals surface area (Å²) in [5.74, 6) is 0.720. The van der Waals surface area contributed by atoms with Gasteiger partial charge in [-0.3, -0.25) is 4.98 Å². The molecule has 1 aromatic rings. The van der Waals surface area contributed by atoms with Gasteiger partial charge in [0.2, 0.25) is 0 Å². The van der Waals surface area contributed by atoms with Gasteiger partial charge in [0, 0.05) is 5.69 Å². The first-order chi connectivity index (χ1) is 7.68. The van der Waals surface area contributed by atoms with Crippen molar-refractivity contribution < 1.29 is 9.84 Å². The fourth-order valence-electron chi connectivity index (χ4n) is 1.79. The summed E-state index contributed by atoms with van der Waals surface area (Å²) in [6, 6.07) is 3.79. The van der Waals surface area contributed by atoms with Crippen molar-refractivity contribution in [3.05, 3.63) is 24.0 Å². The molecule has 0 bridgehead atoms. The molecule has 1 aliphatic heterocycles. The van der Waals surface area contributed by atoms with Crippen molar-refractivity contribution in [3.63, 3.8) is 0 Å². The minimum atomic E-state index is -0.684. The van der Waals surface area contributed by atoms with Gasteiger partial charge in [0.1, 0.15) is 18.0 Å². The number of ether oxygens (including phenoxy) is 1. The zero-order valence-corrected chi connectivity index (χ0v) is 9.57. The predicted molar refractivity (Wildman–Crippen MR) is 61.5 cm³/mol. The fourth-order valence-corrected chi connectivity index (χ4v) is 1.79. The van der Waals surface area contributed by atoms with Crippen LogP contribution in [0, 0.1) is 6.92 Å². The summed E-state index contributed by atoms with van der Waals surface area (Å²) in [6.45, 7) is 3.99. The quantitative estimate of drug-likeness (QED) is 0.797. The van der Waals surface area contributed by atoms with Crippen LogP contribution in [0.25, 0.3) is 0 Å². The molecule has 2 heterocycles. The van der Waals surface area contributed by atoms with Crippen LogP contribution in [0.1, 0.15) is 18.5 Å². The van der Waals surface area contributed by atoms with Gasteiger partial charge in [-0.05, 0) is 45.0 Å². The minimum Gasteiger partial charge on any atom is -0.489 e. The van der Waals surface area contributed by atoms with Crippen molar-refractivity contribution in [2.24, 2.45) is 0 Å². The first-order valence-corrected chi connectivity index (χ1v) is 5.67. The number of hydrogen-bond acceptors (Lipinski definition) is 4. The first kappa shape index (κ1) is 11.4. The summed E-state index contributed by atoms with van der Waals surface area (Å²) in [7, 11) is 0. The standard InChI is InChI=1S/C12H18N2O2/c1-10-2-3-11(8-14-10)16-9-12(15)4-6-13-7-5-12/h2-3,8,13,15H,4-7,9H2,1H3. The molecule has 4 heteroatoms. The summed E-state index contributed by atoms with van der Waals surface area (Å²) in [6.07, 6.45) is 3.18. The predicted octanol–water partition coefficient (Wildman–Crippen LogP) is 0.883. The van der Waals surface area contributed by atoms with Crippen LogP contribution in [0.2, 0.25) is 0 Å². The largest absolute Gasteiger partial charge is 0.489 e. The molecular formula is C12H18N2O2. The normalized spacial score (nSPS) is 19.4. The lowest BCUT2D eigenvalue weighted by atomic mass is 9.94. The van der Waals surface area contributed by atoms with Gasteiger partial charge in [0.25, 0.3) is 0 Å². The maximum Gasteiger partial charge on any atom is 0.137 e. The van der Waals surface area contributed by atoms with Crippen molar-refractivity contribution in [1.29, 1.82) is 0 Å². The molecule has 2 rings (SSSR count). The van der Waals surface area contributed by atoms with E-state index >= 15 is 0 Å². The summed E-state index contributed by atoms with van der Waals surface area (Å²) >= 11 is 0. The molecule has 0 atom stereocenters. The van der Waals surface area contributed by atoms with Crippen LogP contribution in [0.5, 0.6) is 5.75 Å². The van der Waals surface area contributed by atoms with E-state index < -0.39 is 5.60 Å². The third-order valence-electron chi connectivity index (χ3n) is 2.93. The molecule has 1 fully saturated rings. The van der Waals surface area contributed by atoms with E-state index in [1.165, 1.54) is 0 Å². The Morgan fingerprint density at radius 2 is 2.19 bits per heavy atom. The highest BCUT2D eigenvalue weighted by molar-refractivity contribution is 5.19.